The Balaban J connectivity index is 2.15. The van der Waals surface area contributed by atoms with Gasteiger partial charge in [0.05, 0.1) is 12.2 Å². The largest absolute Gasteiger partial charge is 0.487 e. The van der Waals surface area contributed by atoms with Crippen LogP contribution in [-0.2, 0) is 13.2 Å². The molecule has 5 heteroatoms. The van der Waals surface area contributed by atoms with Gasteiger partial charge >= 0.3 is 0 Å². The number of ether oxygens (including phenoxy) is 1. The van der Waals surface area contributed by atoms with Gasteiger partial charge in [-0.05, 0) is 36.8 Å². The molecular formula is C15H13FN2O2. The van der Waals surface area contributed by atoms with E-state index in [1.54, 1.807) is 24.3 Å². The molecule has 1 aromatic carbocycles. The number of aryl methyl sites for hydroxylation is 1. The van der Waals surface area contributed by atoms with E-state index in [0.29, 0.717) is 17.0 Å². The van der Waals surface area contributed by atoms with E-state index in [-0.39, 0.29) is 18.8 Å². The topological polar surface area (TPSA) is 66.1 Å². The number of aromatic nitrogens is 1. The van der Waals surface area contributed by atoms with Crippen molar-refractivity contribution in [1.82, 2.24) is 4.98 Å². The van der Waals surface area contributed by atoms with Gasteiger partial charge in [0.1, 0.15) is 29.9 Å². The number of nitriles is 1. The van der Waals surface area contributed by atoms with Crippen LogP contribution >= 0.6 is 0 Å². The number of nitrogens with zero attached hydrogens (tertiary/aromatic N) is 2. The van der Waals surface area contributed by atoms with Crippen molar-refractivity contribution >= 4 is 0 Å². The third-order valence-electron chi connectivity index (χ3n) is 2.77. The highest BCUT2D eigenvalue weighted by atomic mass is 19.1. The summed E-state index contributed by atoms with van der Waals surface area (Å²) in [6.45, 7) is 1.78. The van der Waals surface area contributed by atoms with Gasteiger partial charge in [0.15, 0.2) is 0 Å². The van der Waals surface area contributed by atoms with Gasteiger partial charge in [-0.2, -0.15) is 5.26 Å². The first-order valence-corrected chi connectivity index (χ1v) is 6.02. The van der Waals surface area contributed by atoms with Gasteiger partial charge in [-0.1, -0.05) is 6.07 Å². The molecule has 0 saturated heterocycles. The van der Waals surface area contributed by atoms with Crippen LogP contribution in [0.4, 0.5) is 4.39 Å². The van der Waals surface area contributed by atoms with E-state index >= 15 is 0 Å². The molecule has 0 aliphatic carbocycles. The van der Waals surface area contributed by atoms with Gasteiger partial charge in [-0.15, -0.1) is 0 Å². The van der Waals surface area contributed by atoms with Crippen LogP contribution in [0, 0.1) is 24.1 Å². The van der Waals surface area contributed by atoms with Crippen LogP contribution in [0.3, 0.4) is 0 Å². The highest BCUT2D eigenvalue weighted by Gasteiger charge is 2.07. The Labute approximate surface area is 116 Å². The number of hydrogen-bond acceptors (Lipinski definition) is 4. The Morgan fingerprint density at radius 3 is 2.85 bits per heavy atom. The van der Waals surface area contributed by atoms with E-state index in [9.17, 15) is 9.50 Å². The molecule has 0 bridgehead atoms. The maximum absolute atomic E-state index is 13.2. The Kier molecular flexibility index (Phi) is 4.28. The van der Waals surface area contributed by atoms with Gasteiger partial charge < -0.3 is 9.84 Å². The molecule has 102 valence electrons. The minimum absolute atomic E-state index is 0.0180. The number of aliphatic hydroxyl groups is 1. The van der Waals surface area contributed by atoms with Crippen LogP contribution in [0.25, 0.3) is 0 Å². The predicted octanol–water partition coefficient (Wildman–Crippen LogP) is 2.47. The van der Waals surface area contributed by atoms with Gasteiger partial charge in [0.2, 0.25) is 0 Å². The summed E-state index contributed by atoms with van der Waals surface area (Å²) in [7, 11) is 0. The number of pyridine rings is 1. The fraction of sp³-hybridized carbons (Fsp3) is 0.200. The second kappa shape index (κ2) is 6.13. The molecule has 2 aromatic rings. The highest BCUT2D eigenvalue weighted by molar-refractivity contribution is 5.35. The molecule has 0 fully saturated rings. The molecule has 0 unspecified atom stereocenters. The van der Waals surface area contributed by atoms with Crippen LogP contribution in [0.5, 0.6) is 5.75 Å². The summed E-state index contributed by atoms with van der Waals surface area (Å²) < 4.78 is 18.7. The fourth-order valence-corrected chi connectivity index (χ4v) is 1.75. The zero-order valence-corrected chi connectivity index (χ0v) is 10.9. The first-order valence-electron chi connectivity index (χ1n) is 6.02. The van der Waals surface area contributed by atoms with Crippen molar-refractivity contribution in [2.45, 2.75) is 20.1 Å². The molecule has 20 heavy (non-hydrogen) atoms. The molecule has 0 radical (unpaired) electrons. The molecule has 0 atom stereocenters. The second-order valence-electron chi connectivity index (χ2n) is 4.27. The number of aliphatic hydroxyl groups excluding tert-OH is 1. The lowest BCUT2D eigenvalue weighted by atomic mass is 10.1. The van der Waals surface area contributed by atoms with Crippen LogP contribution in [-0.4, -0.2) is 10.1 Å². The maximum atomic E-state index is 13.2. The van der Waals surface area contributed by atoms with E-state index in [1.807, 2.05) is 6.92 Å². The van der Waals surface area contributed by atoms with Crippen molar-refractivity contribution < 1.29 is 14.2 Å². The normalized spacial score (nSPS) is 10.1. The molecule has 4 nitrogen and oxygen atoms in total. The van der Waals surface area contributed by atoms with Gasteiger partial charge in [-0.3, -0.25) is 4.98 Å². The van der Waals surface area contributed by atoms with Crippen LogP contribution in [0.15, 0.2) is 30.3 Å². The van der Waals surface area contributed by atoms with Gasteiger partial charge in [0, 0.05) is 5.69 Å². The van der Waals surface area contributed by atoms with Crippen LogP contribution < -0.4 is 4.74 Å². The van der Waals surface area contributed by atoms with Crippen molar-refractivity contribution in [3.05, 3.63) is 58.7 Å². The molecule has 1 N–H and O–H groups in total. The van der Waals surface area contributed by atoms with Crippen LogP contribution in [0.2, 0.25) is 0 Å². The molecule has 0 aliphatic rings. The lowest BCUT2D eigenvalue weighted by Crippen LogP contribution is -2.02. The zero-order valence-electron chi connectivity index (χ0n) is 10.9. The lowest BCUT2D eigenvalue weighted by Gasteiger charge is -2.10. The monoisotopic (exact) mass is 272 g/mol. The third-order valence-corrected chi connectivity index (χ3v) is 2.77. The molecule has 0 amide bonds. The summed E-state index contributed by atoms with van der Waals surface area (Å²) in [5.74, 6) is -0.0785. The molecule has 0 aliphatic heterocycles. The van der Waals surface area contributed by atoms with Crippen molar-refractivity contribution in [3.63, 3.8) is 0 Å². The lowest BCUT2D eigenvalue weighted by molar-refractivity contribution is 0.253. The minimum atomic E-state index is -0.552. The third kappa shape index (κ3) is 3.11. The Hall–Kier alpha value is -2.45. The van der Waals surface area contributed by atoms with Crippen molar-refractivity contribution in [3.8, 4) is 11.8 Å². The fourth-order valence-electron chi connectivity index (χ4n) is 1.75. The van der Waals surface area contributed by atoms with E-state index in [1.165, 1.54) is 12.1 Å². The Morgan fingerprint density at radius 1 is 1.35 bits per heavy atom. The quantitative estimate of drug-likeness (QED) is 0.928. The number of halogens is 1. The van der Waals surface area contributed by atoms with E-state index < -0.39 is 5.82 Å². The number of hydrogen-bond donors (Lipinski definition) is 1. The van der Waals surface area contributed by atoms with E-state index in [2.05, 4.69) is 4.98 Å². The Bertz CT molecular complexity index is 665. The summed E-state index contributed by atoms with van der Waals surface area (Å²) in [6, 6.07) is 9.51. The van der Waals surface area contributed by atoms with Crippen molar-refractivity contribution in [2.75, 3.05) is 0 Å². The number of benzene rings is 1. The van der Waals surface area contributed by atoms with E-state index in [0.717, 1.165) is 5.69 Å². The number of rotatable bonds is 4. The smallest absolute Gasteiger partial charge is 0.143 e. The molecular weight excluding hydrogens is 259 g/mol. The summed E-state index contributed by atoms with van der Waals surface area (Å²) in [4.78, 5) is 4.16. The standard InChI is InChI=1S/C15H13FN2O2/c1-10-2-5-15(14(8-19)18-10)20-9-11-3-4-13(16)12(6-11)7-17/h2-6,19H,8-9H2,1H3. The van der Waals surface area contributed by atoms with Crippen molar-refractivity contribution in [1.29, 1.82) is 5.26 Å². The molecule has 0 spiro atoms. The first kappa shape index (κ1) is 14.0. The van der Waals surface area contributed by atoms with Gasteiger partial charge in [-0.25, -0.2) is 4.39 Å². The summed E-state index contributed by atoms with van der Waals surface area (Å²) >= 11 is 0. The molecule has 2 rings (SSSR count). The first-order chi connectivity index (χ1) is 9.63. The Morgan fingerprint density at radius 2 is 2.15 bits per heavy atom. The molecule has 1 heterocycles. The summed E-state index contributed by atoms with van der Waals surface area (Å²) in [5, 5.41) is 18.0. The summed E-state index contributed by atoms with van der Waals surface area (Å²) in [6.07, 6.45) is 0. The average molecular weight is 272 g/mol. The van der Waals surface area contributed by atoms with E-state index in [4.69, 9.17) is 10.00 Å². The summed E-state index contributed by atoms with van der Waals surface area (Å²) in [5.41, 5.74) is 1.89. The molecule has 0 saturated carbocycles. The molecule has 1 aromatic heterocycles. The predicted molar refractivity (Wildman–Crippen MR) is 70.3 cm³/mol. The minimum Gasteiger partial charge on any atom is -0.487 e. The maximum Gasteiger partial charge on any atom is 0.143 e. The highest BCUT2D eigenvalue weighted by Crippen LogP contribution is 2.19. The SMILES string of the molecule is Cc1ccc(OCc2ccc(F)c(C#N)c2)c(CO)n1. The second-order valence-corrected chi connectivity index (χ2v) is 4.27. The van der Waals surface area contributed by atoms with Crippen LogP contribution in [0.1, 0.15) is 22.5 Å². The van der Waals surface area contributed by atoms with Crippen molar-refractivity contribution in [2.24, 2.45) is 0 Å². The van der Waals surface area contributed by atoms with Gasteiger partial charge in [0.25, 0.3) is 0 Å². The zero-order chi connectivity index (χ0) is 14.5. The average Bonchev–Trinajstić information content (AvgIpc) is 2.47.